The van der Waals surface area contributed by atoms with Gasteiger partial charge in [0.1, 0.15) is 5.92 Å². The number of rotatable bonds is 7. The van der Waals surface area contributed by atoms with Gasteiger partial charge in [0.2, 0.25) is 0 Å². The van der Waals surface area contributed by atoms with Gasteiger partial charge in [-0.05, 0) is 30.8 Å². The normalized spacial score (nSPS) is 18.8. The number of amides is 1. The Morgan fingerprint density at radius 3 is 2.50 bits per heavy atom. The molecule has 2 atom stereocenters. The van der Waals surface area contributed by atoms with E-state index in [1.54, 1.807) is 29.2 Å². The van der Waals surface area contributed by atoms with E-state index < -0.39 is 17.9 Å². The Morgan fingerprint density at radius 1 is 1.07 bits per heavy atom. The Labute approximate surface area is 176 Å². The molecule has 30 heavy (non-hydrogen) atoms. The van der Waals surface area contributed by atoms with Gasteiger partial charge in [0.25, 0.3) is 5.91 Å². The van der Waals surface area contributed by atoms with Crippen molar-refractivity contribution in [2.45, 2.75) is 25.8 Å². The highest BCUT2D eigenvalue weighted by atomic mass is 16.4. The summed E-state index contributed by atoms with van der Waals surface area (Å²) in [6, 6.07) is 14.4. The third-order valence-corrected chi connectivity index (χ3v) is 6.20. The van der Waals surface area contributed by atoms with Crippen LogP contribution in [0.25, 0.3) is 10.9 Å². The fraction of sp³-hybridized carbons (Fsp3) is 0.333. The zero-order chi connectivity index (χ0) is 21.3. The maximum Gasteiger partial charge on any atom is 0.313 e. The molecule has 2 aromatic carbocycles. The number of nitrogens with one attached hydrogen (secondary N) is 1. The number of nitrogens with zero attached hydrogens (tertiary/aromatic N) is 2. The lowest BCUT2D eigenvalue weighted by Crippen LogP contribution is -2.47. The molecule has 0 saturated carbocycles. The molecule has 0 bridgehead atoms. The number of carbonyl (C=O) groups excluding carboxylic acids is 1. The summed E-state index contributed by atoms with van der Waals surface area (Å²) in [4.78, 5) is 33.3. The van der Waals surface area contributed by atoms with Crippen molar-refractivity contribution in [3.05, 3.63) is 71.4 Å². The summed E-state index contributed by atoms with van der Waals surface area (Å²) in [5.41, 5.74) is 2.86. The topological polar surface area (TPSA) is 76.6 Å². The number of carboxylic acids is 1. The average molecular weight is 405 g/mol. The van der Waals surface area contributed by atoms with Crippen molar-refractivity contribution in [3.63, 3.8) is 0 Å². The van der Waals surface area contributed by atoms with Gasteiger partial charge in [0.05, 0.1) is 6.04 Å². The lowest BCUT2D eigenvalue weighted by Gasteiger charge is -2.41. The highest BCUT2D eigenvalue weighted by Gasteiger charge is 2.44. The number of fused-ring (bicyclic) bond motifs is 2. The summed E-state index contributed by atoms with van der Waals surface area (Å²) in [7, 11) is 0. The van der Waals surface area contributed by atoms with Crippen molar-refractivity contribution in [2.24, 2.45) is 0 Å². The predicted molar refractivity (Wildman–Crippen MR) is 117 cm³/mol. The molecule has 2 N–H and O–H groups in total. The Balaban J connectivity index is 1.86. The van der Waals surface area contributed by atoms with Gasteiger partial charge >= 0.3 is 5.97 Å². The Hall–Kier alpha value is -3.12. The maximum absolute atomic E-state index is 13.5. The summed E-state index contributed by atoms with van der Waals surface area (Å²) in [6.07, 6.45) is 1.86. The smallest absolute Gasteiger partial charge is 0.313 e. The van der Waals surface area contributed by atoms with Gasteiger partial charge in [0.15, 0.2) is 0 Å². The molecule has 0 aliphatic carbocycles. The Bertz CT molecular complexity index is 1070. The fourth-order valence-corrected chi connectivity index (χ4v) is 4.58. The molecular formula is C24H27N3O3. The number of hydrogen-bond acceptors (Lipinski definition) is 3. The van der Waals surface area contributed by atoms with Gasteiger partial charge in [-0.3, -0.25) is 9.59 Å². The second kappa shape index (κ2) is 8.32. The fourth-order valence-electron chi connectivity index (χ4n) is 4.58. The molecule has 2 unspecified atom stereocenters. The van der Waals surface area contributed by atoms with Crippen molar-refractivity contribution in [1.29, 1.82) is 0 Å². The van der Waals surface area contributed by atoms with Gasteiger partial charge in [-0.2, -0.15) is 0 Å². The highest BCUT2D eigenvalue weighted by molar-refractivity contribution is 6.01. The Morgan fingerprint density at radius 2 is 1.77 bits per heavy atom. The molecule has 156 valence electrons. The molecular weight excluding hydrogens is 378 g/mol. The molecule has 3 aromatic rings. The first-order valence-corrected chi connectivity index (χ1v) is 10.5. The summed E-state index contributed by atoms with van der Waals surface area (Å²) in [5, 5.41) is 11.2. The number of carboxylic acid groups (broad SMARTS) is 1. The van der Waals surface area contributed by atoms with Gasteiger partial charge < -0.3 is 19.9 Å². The first-order chi connectivity index (χ1) is 14.6. The first kappa shape index (κ1) is 20.2. The number of likely N-dealkylation sites (N-methyl/N-ethyl adjacent to an activating group) is 1. The number of carbonyl (C=O) groups is 2. The zero-order valence-electron chi connectivity index (χ0n) is 17.3. The van der Waals surface area contributed by atoms with Gasteiger partial charge in [-0.1, -0.05) is 50.2 Å². The van der Waals surface area contributed by atoms with Gasteiger partial charge in [0, 0.05) is 41.3 Å². The van der Waals surface area contributed by atoms with Crippen LogP contribution < -0.4 is 0 Å². The second-order valence-corrected chi connectivity index (χ2v) is 7.66. The van der Waals surface area contributed by atoms with Crippen LogP contribution in [0.4, 0.5) is 0 Å². The molecule has 4 rings (SSSR count). The number of aromatic nitrogens is 1. The Kier molecular flexibility index (Phi) is 5.59. The molecule has 6 heteroatoms. The van der Waals surface area contributed by atoms with E-state index in [0.717, 1.165) is 29.6 Å². The number of para-hydroxylation sites is 1. The summed E-state index contributed by atoms with van der Waals surface area (Å²) in [5.74, 6) is -1.85. The minimum absolute atomic E-state index is 0.106. The van der Waals surface area contributed by atoms with Crippen molar-refractivity contribution >= 4 is 22.8 Å². The van der Waals surface area contributed by atoms with Crippen LogP contribution in [0.5, 0.6) is 0 Å². The predicted octanol–water partition coefficient (Wildman–Crippen LogP) is 3.88. The molecule has 2 heterocycles. The van der Waals surface area contributed by atoms with Crippen LogP contribution in [-0.2, 0) is 4.79 Å². The van der Waals surface area contributed by atoms with E-state index in [1.807, 2.05) is 30.5 Å². The van der Waals surface area contributed by atoms with E-state index in [9.17, 15) is 14.7 Å². The van der Waals surface area contributed by atoms with Gasteiger partial charge in [-0.15, -0.1) is 0 Å². The summed E-state index contributed by atoms with van der Waals surface area (Å²) >= 11 is 0. The summed E-state index contributed by atoms with van der Waals surface area (Å²) < 4.78 is 0. The number of hydrogen-bond donors (Lipinski definition) is 2. The molecule has 1 aliphatic rings. The van der Waals surface area contributed by atoms with Crippen LogP contribution in [-0.4, -0.2) is 57.9 Å². The molecule has 0 radical (unpaired) electrons. The minimum atomic E-state index is -0.918. The quantitative estimate of drug-likeness (QED) is 0.626. The van der Waals surface area contributed by atoms with E-state index >= 15 is 0 Å². The second-order valence-electron chi connectivity index (χ2n) is 7.66. The average Bonchev–Trinajstić information content (AvgIpc) is 3.19. The van der Waals surface area contributed by atoms with Crippen molar-refractivity contribution in [3.8, 4) is 0 Å². The van der Waals surface area contributed by atoms with E-state index in [-0.39, 0.29) is 5.91 Å². The molecule has 1 aromatic heterocycles. The van der Waals surface area contributed by atoms with Crippen molar-refractivity contribution < 1.29 is 14.7 Å². The van der Waals surface area contributed by atoms with Crippen LogP contribution in [0, 0.1) is 0 Å². The van der Waals surface area contributed by atoms with Crippen LogP contribution in [0.2, 0.25) is 0 Å². The number of H-pyrrole nitrogens is 1. The molecule has 0 fully saturated rings. The third-order valence-electron chi connectivity index (χ3n) is 6.20. The van der Waals surface area contributed by atoms with Crippen LogP contribution >= 0.6 is 0 Å². The monoisotopic (exact) mass is 405 g/mol. The van der Waals surface area contributed by atoms with Crippen molar-refractivity contribution in [2.75, 3.05) is 26.2 Å². The molecule has 1 aliphatic heterocycles. The lowest BCUT2D eigenvalue weighted by atomic mass is 9.79. The van der Waals surface area contributed by atoms with E-state index in [4.69, 9.17) is 0 Å². The first-order valence-electron chi connectivity index (χ1n) is 10.5. The van der Waals surface area contributed by atoms with E-state index in [0.29, 0.717) is 24.2 Å². The molecule has 0 saturated heterocycles. The van der Waals surface area contributed by atoms with Crippen molar-refractivity contribution in [1.82, 2.24) is 14.8 Å². The zero-order valence-corrected chi connectivity index (χ0v) is 17.3. The standard InChI is InChI=1S/C24H27N3O3/c1-3-26(4-2)13-14-27-22(19-15-25-20-12-8-7-9-16(19)20)21(24(29)30)17-10-5-6-11-18(17)23(27)28/h5-12,15,21-22,25H,3-4,13-14H2,1-2H3,(H,29,30). The van der Waals surface area contributed by atoms with Crippen LogP contribution in [0.3, 0.4) is 0 Å². The molecule has 0 spiro atoms. The number of benzene rings is 2. The van der Waals surface area contributed by atoms with Gasteiger partial charge in [-0.25, -0.2) is 0 Å². The lowest BCUT2D eigenvalue weighted by molar-refractivity contribution is -0.140. The highest BCUT2D eigenvalue weighted by Crippen LogP contribution is 2.44. The third kappa shape index (κ3) is 3.37. The maximum atomic E-state index is 13.5. The minimum Gasteiger partial charge on any atom is -0.481 e. The summed E-state index contributed by atoms with van der Waals surface area (Å²) in [6.45, 7) is 7.13. The number of aromatic amines is 1. The largest absolute Gasteiger partial charge is 0.481 e. The molecule has 1 amide bonds. The van der Waals surface area contributed by atoms with Crippen LogP contribution in [0.1, 0.15) is 47.3 Å². The number of aliphatic carboxylic acids is 1. The SMILES string of the molecule is CCN(CC)CCN1C(=O)c2ccccc2C(C(=O)O)C1c1c[nH]c2ccccc12. The van der Waals surface area contributed by atoms with E-state index in [1.165, 1.54) is 0 Å². The van der Waals surface area contributed by atoms with Crippen LogP contribution in [0.15, 0.2) is 54.7 Å². The molecule has 6 nitrogen and oxygen atoms in total. The van der Waals surface area contributed by atoms with E-state index in [2.05, 4.69) is 23.7 Å².